The van der Waals surface area contributed by atoms with Crippen LogP contribution < -0.4 is 0 Å². The molecule has 0 atom stereocenters. The van der Waals surface area contributed by atoms with Crippen LogP contribution in [-0.4, -0.2) is 20.6 Å². The van der Waals surface area contributed by atoms with Crippen molar-refractivity contribution in [2.75, 3.05) is 0 Å². The summed E-state index contributed by atoms with van der Waals surface area (Å²) in [6.45, 7) is 12.0. The van der Waals surface area contributed by atoms with Crippen molar-refractivity contribution >= 4 is 12.0 Å². The van der Waals surface area contributed by atoms with Gasteiger partial charge in [-0.05, 0) is 39.8 Å². The maximum Gasteiger partial charge on any atom is 0.336 e. The lowest BCUT2D eigenvalue weighted by Gasteiger charge is -2.26. The maximum absolute atomic E-state index is 11.5. The highest BCUT2D eigenvalue weighted by Gasteiger charge is 2.25. The Bertz CT molecular complexity index is 706. The molecule has 0 radical (unpaired) electrons. The van der Waals surface area contributed by atoms with Crippen LogP contribution in [-0.2, 0) is 5.54 Å². The molecular weight excluding hydrogens is 264 g/mol. The van der Waals surface area contributed by atoms with Crippen molar-refractivity contribution in [3.05, 3.63) is 47.8 Å². The van der Waals surface area contributed by atoms with Gasteiger partial charge in [-0.3, -0.25) is 0 Å². The highest BCUT2D eigenvalue weighted by atomic mass is 16.4. The van der Waals surface area contributed by atoms with Gasteiger partial charge in [0.05, 0.1) is 17.0 Å². The summed E-state index contributed by atoms with van der Waals surface area (Å²) in [6, 6.07) is 6.94. The van der Waals surface area contributed by atoms with Gasteiger partial charge < -0.3 is 9.67 Å². The van der Waals surface area contributed by atoms with Crippen molar-refractivity contribution in [3.8, 4) is 11.4 Å². The summed E-state index contributed by atoms with van der Waals surface area (Å²) < 4.78 is 2.04. The summed E-state index contributed by atoms with van der Waals surface area (Å²) >= 11 is 0. The lowest BCUT2D eigenvalue weighted by molar-refractivity contribution is 0.0697. The third-order valence-electron chi connectivity index (χ3n) is 3.36. The van der Waals surface area contributed by atoms with Gasteiger partial charge in [0.1, 0.15) is 5.82 Å². The average Bonchev–Trinajstić information content (AvgIpc) is 2.75. The Morgan fingerprint density at radius 3 is 2.48 bits per heavy atom. The van der Waals surface area contributed by atoms with E-state index in [0.29, 0.717) is 11.4 Å². The average molecular weight is 284 g/mol. The van der Waals surface area contributed by atoms with Crippen LogP contribution in [0, 0.1) is 6.92 Å². The summed E-state index contributed by atoms with van der Waals surface area (Å²) in [6.07, 6.45) is 1.76. The fourth-order valence-electron chi connectivity index (χ4n) is 2.51. The van der Waals surface area contributed by atoms with Crippen LogP contribution in [0.1, 0.15) is 42.5 Å². The van der Waals surface area contributed by atoms with Crippen LogP contribution in [0.3, 0.4) is 0 Å². The van der Waals surface area contributed by atoms with E-state index in [2.05, 4.69) is 32.3 Å². The van der Waals surface area contributed by atoms with Crippen LogP contribution in [0.4, 0.5) is 0 Å². The first-order valence-corrected chi connectivity index (χ1v) is 6.82. The number of aromatic nitrogens is 2. The molecule has 0 bridgehead atoms. The summed E-state index contributed by atoms with van der Waals surface area (Å²) in [4.78, 5) is 16.0. The van der Waals surface area contributed by atoms with Crippen molar-refractivity contribution in [3.63, 3.8) is 0 Å². The van der Waals surface area contributed by atoms with E-state index >= 15 is 0 Å². The molecule has 1 aromatic carbocycles. The van der Waals surface area contributed by atoms with Crippen LogP contribution in [0.15, 0.2) is 30.8 Å². The second kappa shape index (κ2) is 5.20. The number of hydrogen-bond donors (Lipinski definition) is 1. The Labute approximate surface area is 124 Å². The third-order valence-corrected chi connectivity index (χ3v) is 3.36. The van der Waals surface area contributed by atoms with Gasteiger partial charge in [-0.15, -0.1) is 0 Å². The van der Waals surface area contributed by atoms with E-state index in [0.717, 1.165) is 11.4 Å². The number of rotatable bonds is 3. The van der Waals surface area contributed by atoms with E-state index < -0.39 is 5.97 Å². The SMILES string of the molecule is C=Cc1c(C)nc(-c2ccccc2C(=O)O)n1C(C)(C)C. The zero-order valence-corrected chi connectivity index (χ0v) is 12.8. The largest absolute Gasteiger partial charge is 0.478 e. The highest BCUT2D eigenvalue weighted by molar-refractivity contribution is 5.95. The van der Waals surface area contributed by atoms with E-state index in [1.54, 1.807) is 24.3 Å². The minimum Gasteiger partial charge on any atom is -0.478 e. The Balaban J connectivity index is 2.83. The molecule has 0 spiro atoms. The van der Waals surface area contributed by atoms with Gasteiger partial charge in [0.25, 0.3) is 0 Å². The first-order chi connectivity index (χ1) is 9.77. The minimum absolute atomic E-state index is 0.230. The molecule has 21 heavy (non-hydrogen) atoms. The molecule has 0 unspecified atom stereocenters. The summed E-state index contributed by atoms with van der Waals surface area (Å²) in [5.41, 5.74) is 2.40. The number of nitrogens with zero attached hydrogens (tertiary/aromatic N) is 2. The highest BCUT2D eigenvalue weighted by Crippen LogP contribution is 2.31. The van der Waals surface area contributed by atoms with Gasteiger partial charge in [-0.25, -0.2) is 9.78 Å². The molecule has 0 aliphatic carbocycles. The molecule has 0 aliphatic heterocycles. The van der Waals surface area contributed by atoms with Crippen LogP contribution >= 0.6 is 0 Å². The second-order valence-corrected chi connectivity index (χ2v) is 5.97. The van der Waals surface area contributed by atoms with Crippen molar-refractivity contribution in [2.45, 2.75) is 33.2 Å². The molecule has 0 fully saturated rings. The Morgan fingerprint density at radius 1 is 1.33 bits per heavy atom. The summed E-state index contributed by atoms with van der Waals surface area (Å²) in [7, 11) is 0. The molecule has 2 rings (SSSR count). The molecule has 1 heterocycles. The van der Waals surface area contributed by atoms with Gasteiger partial charge in [-0.1, -0.05) is 24.8 Å². The minimum atomic E-state index is -0.952. The number of aromatic carboxylic acids is 1. The van der Waals surface area contributed by atoms with Gasteiger partial charge >= 0.3 is 5.97 Å². The molecule has 0 saturated carbocycles. The van der Waals surface area contributed by atoms with E-state index in [1.807, 2.05) is 17.6 Å². The van der Waals surface area contributed by atoms with Crippen molar-refractivity contribution in [1.82, 2.24) is 9.55 Å². The van der Waals surface area contributed by atoms with Crippen molar-refractivity contribution < 1.29 is 9.90 Å². The van der Waals surface area contributed by atoms with Crippen LogP contribution in [0.2, 0.25) is 0 Å². The number of carboxylic acid groups (broad SMARTS) is 1. The number of carboxylic acids is 1. The van der Waals surface area contributed by atoms with E-state index in [4.69, 9.17) is 0 Å². The first-order valence-electron chi connectivity index (χ1n) is 6.82. The van der Waals surface area contributed by atoms with Gasteiger partial charge in [0, 0.05) is 11.1 Å². The number of hydrogen-bond acceptors (Lipinski definition) is 2. The topological polar surface area (TPSA) is 55.1 Å². The quantitative estimate of drug-likeness (QED) is 0.928. The van der Waals surface area contributed by atoms with Gasteiger partial charge in [0.2, 0.25) is 0 Å². The summed E-state index contributed by atoms with van der Waals surface area (Å²) in [5, 5.41) is 9.40. The molecule has 1 N–H and O–H groups in total. The number of imidazole rings is 1. The standard InChI is InChI=1S/C17H20N2O2/c1-6-14-11(2)18-15(19(14)17(3,4)5)12-9-7-8-10-13(12)16(20)21/h6-10H,1H2,2-5H3,(H,20,21). The zero-order chi connectivity index (χ0) is 15.8. The fraction of sp³-hybridized carbons (Fsp3) is 0.294. The van der Waals surface area contributed by atoms with E-state index in [1.165, 1.54) is 0 Å². The molecule has 0 amide bonds. The lowest BCUT2D eigenvalue weighted by Crippen LogP contribution is -2.24. The zero-order valence-electron chi connectivity index (χ0n) is 12.8. The second-order valence-electron chi connectivity index (χ2n) is 5.97. The lowest BCUT2D eigenvalue weighted by atomic mass is 10.0. The molecule has 4 heteroatoms. The number of carbonyl (C=O) groups is 1. The molecule has 0 saturated heterocycles. The monoisotopic (exact) mass is 284 g/mol. The Kier molecular flexibility index (Phi) is 3.73. The Hall–Kier alpha value is -2.36. The number of benzene rings is 1. The van der Waals surface area contributed by atoms with Crippen molar-refractivity contribution in [1.29, 1.82) is 0 Å². The predicted molar refractivity (Wildman–Crippen MR) is 84.4 cm³/mol. The van der Waals surface area contributed by atoms with Crippen molar-refractivity contribution in [2.24, 2.45) is 0 Å². The van der Waals surface area contributed by atoms with E-state index in [9.17, 15) is 9.90 Å². The molecule has 1 aromatic heterocycles. The maximum atomic E-state index is 11.5. The molecule has 4 nitrogen and oxygen atoms in total. The van der Waals surface area contributed by atoms with Crippen LogP contribution in [0.5, 0.6) is 0 Å². The number of aryl methyl sites for hydroxylation is 1. The molecule has 110 valence electrons. The summed E-state index contributed by atoms with van der Waals surface area (Å²) in [5.74, 6) is -0.292. The van der Waals surface area contributed by atoms with Gasteiger partial charge in [-0.2, -0.15) is 0 Å². The normalized spacial score (nSPS) is 11.4. The Morgan fingerprint density at radius 2 is 1.95 bits per heavy atom. The van der Waals surface area contributed by atoms with E-state index in [-0.39, 0.29) is 11.1 Å². The smallest absolute Gasteiger partial charge is 0.336 e. The van der Waals surface area contributed by atoms with Gasteiger partial charge in [0.15, 0.2) is 0 Å². The molecule has 2 aromatic rings. The third kappa shape index (κ3) is 2.61. The molecular formula is C17H20N2O2. The first kappa shape index (κ1) is 15.0. The fourth-order valence-corrected chi connectivity index (χ4v) is 2.51. The van der Waals surface area contributed by atoms with Crippen LogP contribution in [0.25, 0.3) is 17.5 Å². The molecule has 0 aliphatic rings. The predicted octanol–water partition coefficient (Wildman–Crippen LogP) is 3.95.